The van der Waals surface area contributed by atoms with Crippen LogP contribution in [0.25, 0.3) is 0 Å². The van der Waals surface area contributed by atoms with Gasteiger partial charge in [-0.3, -0.25) is 0 Å². The first-order chi connectivity index (χ1) is 4.86. The first-order valence-corrected chi connectivity index (χ1v) is 8.40. The Morgan fingerprint density at radius 1 is 1.18 bits per heavy atom. The third-order valence-electron chi connectivity index (χ3n) is 1.25. The van der Waals surface area contributed by atoms with E-state index < -0.39 is 6.80 Å². The van der Waals surface area contributed by atoms with Crippen molar-refractivity contribution in [3.8, 4) is 0 Å². The smallest absolute Gasteiger partial charge is 0.00949 e. The van der Waals surface area contributed by atoms with Crippen LogP contribution in [-0.4, -0.2) is 6.26 Å². The summed E-state index contributed by atoms with van der Waals surface area (Å²) in [5.41, 5.74) is 0. The Hall–Kier alpha value is 0.440. The number of halogens is 3. The van der Waals surface area contributed by atoms with Gasteiger partial charge in [0.2, 0.25) is 0 Å². The molecule has 0 aliphatic rings. The maximum atomic E-state index is 5.96. The third-order valence-corrected chi connectivity index (χ3v) is 4.41. The maximum absolute atomic E-state index is 5.96. The summed E-state index contributed by atoms with van der Waals surface area (Å²) >= 11 is 0. The van der Waals surface area contributed by atoms with Crippen molar-refractivity contribution in [2.24, 2.45) is 0 Å². The van der Waals surface area contributed by atoms with Gasteiger partial charge in [-0.2, -0.15) is 0 Å². The van der Waals surface area contributed by atoms with E-state index in [1.807, 2.05) is 0 Å². The highest BCUT2D eigenvalue weighted by atomic mass is 36.2. The molecule has 0 fully saturated rings. The predicted octanol–water partition coefficient (Wildman–Crippen LogP) is 4.01. The average molecular weight is 231 g/mol. The van der Waals surface area contributed by atoms with Crippen LogP contribution in [-0.2, 0) is 0 Å². The molecule has 0 spiro atoms. The minimum Gasteiger partial charge on any atom is -0.0857 e. The lowest BCUT2D eigenvalue weighted by Crippen LogP contribution is -1.90. The Labute approximate surface area is 80.2 Å². The van der Waals surface area contributed by atoms with Gasteiger partial charge in [-0.25, -0.2) is 0 Å². The quantitative estimate of drug-likeness (QED) is 0.693. The molecule has 0 aliphatic heterocycles. The third kappa shape index (κ3) is 2.75. The molecule has 0 heterocycles. The second kappa shape index (κ2) is 2.74. The Balaban J connectivity index is 3.14. The summed E-state index contributed by atoms with van der Waals surface area (Å²) in [5.74, 6) is 0. The zero-order chi connectivity index (χ0) is 8.56. The lowest BCUT2D eigenvalue weighted by molar-refractivity contribution is 1.45. The largest absolute Gasteiger partial charge is 0.0857 e. The lowest BCUT2D eigenvalue weighted by Gasteiger charge is -2.38. The molecule has 0 amide bonds. The molecular weight excluding hydrogens is 223 g/mol. The summed E-state index contributed by atoms with van der Waals surface area (Å²) in [6, 6.07) is 9.92. The van der Waals surface area contributed by atoms with Crippen LogP contribution >= 0.6 is 38.8 Å². The maximum Gasteiger partial charge on any atom is 0.00949 e. The molecule has 1 radical (unpaired) electrons. The van der Waals surface area contributed by atoms with E-state index >= 15 is 0 Å². The highest BCUT2D eigenvalue weighted by molar-refractivity contribution is 8.91. The van der Waals surface area contributed by atoms with E-state index in [-0.39, 0.29) is 0 Å². The zero-order valence-corrected chi connectivity index (χ0v) is 9.05. The molecule has 0 bridgehead atoms. The van der Waals surface area contributed by atoms with Gasteiger partial charge < -0.3 is 0 Å². The van der Waals surface area contributed by atoms with Gasteiger partial charge >= 0.3 is 0 Å². The van der Waals surface area contributed by atoms with Gasteiger partial charge in [-0.1, -0.05) is 51.0 Å². The highest BCUT2D eigenvalue weighted by Crippen LogP contribution is 2.85. The summed E-state index contributed by atoms with van der Waals surface area (Å²) < 4.78 is 0. The fourth-order valence-electron chi connectivity index (χ4n) is 0.696. The van der Waals surface area contributed by atoms with Crippen molar-refractivity contribution in [2.45, 2.75) is 4.90 Å². The first-order valence-electron chi connectivity index (χ1n) is 3.00. The van der Waals surface area contributed by atoms with Gasteiger partial charge in [-0.05, 0) is 24.5 Å². The normalized spacial score (nSPS) is 15.5. The van der Waals surface area contributed by atoms with Gasteiger partial charge in [-0.15, -0.1) is 0 Å². The summed E-state index contributed by atoms with van der Waals surface area (Å²) in [5, 5.41) is 0. The molecule has 1 aromatic rings. The summed E-state index contributed by atoms with van der Waals surface area (Å²) in [6.07, 6.45) is 1.66. The van der Waals surface area contributed by atoms with E-state index in [1.165, 1.54) is 0 Å². The molecule has 4 heteroatoms. The minimum absolute atomic E-state index is 0.778. The molecule has 63 valence electrons. The Bertz CT molecular complexity index is 240. The molecule has 0 N–H and O–H groups in total. The lowest BCUT2D eigenvalue weighted by atomic mass is 10.4. The molecule has 1 aromatic carbocycles. The number of rotatable bonds is 1. The summed E-state index contributed by atoms with van der Waals surface area (Å²) in [6.45, 7) is -3.09. The van der Waals surface area contributed by atoms with Gasteiger partial charge in [0, 0.05) is 4.90 Å². The van der Waals surface area contributed by atoms with Crippen LogP contribution in [0.2, 0.25) is 0 Å². The summed E-state index contributed by atoms with van der Waals surface area (Å²) in [7, 11) is 17.9. The van der Waals surface area contributed by atoms with Crippen molar-refractivity contribution in [3.63, 3.8) is 0 Å². The monoisotopic (exact) mass is 229 g/mol. The molecule has 0 atom stereocenters. The van der Waals surface area contributed by atoms with E-state index in [2.05, 4.69) is 6.07 Å². The fraction of sp³-hybridized carbons (Fsp3) is 0.143. The second-order valence-electron chi connectivity index (χ2n) is 2.43. The van der Waals surface area contributed by atoms with Crippen LogP contribution in [0.3, 0.4) is 0 Å². The SMILES string of the molecule is C[SH](Cl)(Cl)(Cl)c1cc[c]cc1. The van der Waals surface area contributed by atoms with Crippen LogP contribution in [0.15, 0.2) is 29.2 Å². The van der Waals surface area contributed by atoms with Crippen molar-refractivity contribution >= 4 is 38.8 Å². The van der Waals surface area contributed by atoms with Crippen molar-refractivity contribution in [2.75, 3.05) is 6.26 Å². The highest BCUT2D eigenvalue weighted by Gasteiger charge is 2.28. The van der Waals surface area contributed by atoms with Crippen LogP contribution in [0.1, 0.15) is 0 Å². The molecule has 0 aliphatic carbocycles. The topological polar surface area (TPSA) is 0 Å². The zero-order valence-electron chi connectivity index (χ0n) is 5.89. The summed E-state index contributed by atoms with van der Waals surface area (Å²) in [4.78, 5) is 0.778. The van der Waals surface area contributed by atoms with Crippen LogP contribution in [0, 0.1) is 6.07 Å². The molecule has 0 saturated heterocycles. The predicted molar refractivity (Wildman–Crippen MR) is 56.0 cm³/mol. The Kier molecular flexibility index (Phi) is 2.37. The van der Waals surface area contributed by atoms with Crippen LogP contribution < -0.4 is 0 Å². The van der Waals surface area contributed by atoms with E-state index in [0.29, 0.717) is 0 Å². The van der Waals surface area contributed by atoms with E-state index in [4.69, 9.17) is 32.0 Å². The molecule has 0 unspecified atom stereocenters. The van der Waals surface area contributed by atoms with Gasteiger partial charge in [0.1, 0.15) is 0 Å². The number of hydrogen-bond acceptors (Lipinski definition) is 0. The van der Waals surface area contributed by atoms with Crippen molar-refractivity contribution in [3.05, 3.63) is 30.3 Å². The Morgan fingerprint density at radius 3 is 1.91 bits per heavy atom. The fourth-order valence-corrected chi connectivity index (χ4v) is 2.50. The average Bonchev–Trinajstić information content (AvgIpc) is 1.86. The van der Waals surface area contributed by atoms with Crippen LogP contribution in [0.4, 0.5) is 0 Å². The van der Waals surface area contributed by atoms with Gasteiger partial charge in [0.15, 0.2) is 0 Å². The molecule has 1 rings (SSSR count). The van der Waals surface area contributed by atoms with Crippen molar-refractivity contribution < 1.29 is 0 Å². The minimum atomic E-state index is -3.09. The molecule has 11 heavy (non-hydrogen) atoms. The number of benzene rings is 1. The van der Waals surface area contributed by atoms with E-state index in [1.54, 1.807) is 30.5 Å². The molecule has 0 saturated carbocycles. The molecule has 0 aromatic heterocycles. The molecular formula is C7H8Cl3S. The molecule has 0 nitrogen and oxygen atoms in total. The van der Waals surface area contributed by atoms with Crippen LogP contribution in [0.5, 0.6) is 0 Å². The standard InChI is InChI=1S/C7H8Cl3S/c1-11(8,9,10)7-5-3-2-4-6-7/h3-6,11H,1H3. The van der Waals surface area contributed by atoms with E-state index in [0.717, 1.165) is 4.90 Å². The van der Waals surface area contributed by atoms with E-state index in [9.17, 15) is 0 Å². The van der Waals surface area contributed by atoms with Crippen molar-refractivity contribution in [1.29, 1.82) is 0 Å². The van der Waals surface area contributed by atoms with Gasteiger partial charge in [0.05, 0.1) is 0 Å². The Morgan fingerprint density at radius 2 is 1.64 bits per heavy atom. The first kappa shape index (κ1) is 9.53. The number of hydrogen-bond donors (Lipinski definition) is 1. The number of thiol groups is 1. The van der Waals surface area contributed by atoms with Crippen molar-refractivity contribution in [1.82, 2.24) is 0 Å². The van der Waals surface area contributed by atoms with Gasteiger partial charge in [0.25, 0.3) is 0 Å². The second-order valence-corrected chi connectivity index (χ2v) is 14.5.